The molecule has 0 radical (unpaired) electrons. The Balaban J connectivity index is 1.46. The van der Waals surface area contributed by atoms with Gasteiger partial charge in [-0.05, 0) is 59.5 Å². The summed E-state index contributed by atoms with van der Waals surface area (Å²) in [5, 5.41) is 0. The molecule has 1 heterocycles. The fraction of sp³-hybridized carbons (Fsp3) is 0.250. The molecule has 0 bridgehead atoms. The minimum atomic E-state index is 0.793. The monoisotopic (exact) mass is 375 g/mol. The quantitative estimate of drug-likeness (QED) is 0.603. The maximum Gasteiger partial charge on any atom is 0.161 e. The van der Waals surface area contributed by atoms with Crippen molar-refractivity contribution in [2.45, 2.75) is 19.5 Å². The van der Waals surface area contributed by atoms with E-state index in [0.717, 1.165) is 49.1 Å². The highest BCUT2D eigenvalue weighted by Gasteiger charge is 2.19. The summed E-state index contributed by atoms with van der Waals surface area (Å²) in [5.41, 5.74) is 3.90. The first kappa shape index (κ1) is 18.4. The molecule has 0 atom stereocenters. The first-order valence-corrected chi connectivity index (χ1v) is 9.53. The lowest BCUT2D eigenvalue weighted by Crippen LogP contribution is -2.30. The van der Waals surface area contributed by atoms with E-state index >= 15 is 0 Å². The highest BCUT2D eigenvalue weighted by atomic mass is 16.5. The van der Waals surface area contributed by atoms with Crippen LogP contribution in [0.1, 0.15) is 16.7 Å². The summed E-state index contributed by atoms with van der Waals surface area (Å²) in [4.78, 5) is 2.45. The summed E-state index contributed by atoms with van der Waals surface area (Å²) in [5.74, 6) is 3.32. The van der Waals surface area contributed by atoms with Crippen LogP contribution in [0.25, 0.3) is 0 Å². The molecular weight excluding hydrogens is 350 g/mol. The van der Waals surface area contributed by atoms with Gasteiger partial charge in [0, 0.05) is 19.6 Å². The predicted molar refractivity (Wildman–Crippen MR) is 110 cm³/mol. The van der Waals surface area contributed by atoms with Gasteiger partial charge in [-0.3, -0.25) is 4.90 Å². The number of fused-ring (bicyclic) bond motifs is 1. The van der Waals surface area contributed by atoms with Crippen molar-refractivity contribution in [1.82, 2.24) is 4.90 Å². The van der Waals surface area contributed by atoms with Crippen LogP contribution in [-0.2, 0) is 19.5 Å². The van der Waals surface area contributed by atoms with Gasteiger partial charge in [0.2, 0.25) is 0 Å². The largest absolute Gasteiger partial charge is 0.493 e. The Morgan fingerprint density at radius 1 is 0.786 bits per heavy atom. The van der Waals surface area contributed by atoms with Gasteiger partial charge in [0.05, 0.1) is 14.2 Å². The van der Waals surface area contributed by atoms with E-state index in [2.05, 4.69) is 35.2 Å². The molecule has 4 nitrogen and oxygen atoms in total. The second-order valence-electron chi connectivity index (χ2n) is 7.00. The molecule has 0 amide bonds. The molecule has 0 fully saturated rings. The van der Waals surface area contributed by atoms with Gasteiger partial charge in [0.15, 0.2) is 11.5 Å². The molecule has 3 aromatic carbocycles. The van der Waals surface area contributed by atoms with Gasteiger partial charge >= 0.3 is 0 Å². The molecule has 0 saturated heterocycles. The van der Waals surface area contributed by atoms with E-state index in [9.17, 15) is 0 Å². The van der Waals surface area contributed by atoms with Crippen LogP contribution in [0.4, 0.5) is 0 Å². The van der Waals surface area contributed by atoms with Crippen LogP contribution in [0.5, 0.6) is 23.0 Å². The molecule has 144 valence electrons. The lowest BCUT2D eigenvalue weighted by atomic mass is 9.98. The van der Waals surface area contributed by atoms with Gasteiger partial charge in [-0.1, -0.05) is 30.3 Å². The van der Waals surface area contributed by atoms with Gasteiger partial charge in [-0.2, -0.15) is 0 Å². The molecule has 0 spiro atoms. The predicted octanol–water partition coefficient (Wildman–Crippen LogP) is 5.05. The van der Waals surface area contributed by atoms with E-state index in [0.29, 0.717) is 0 Å². The number of para-hydroxylation sites is 1. The van der Waals surface area contributed by atoms with Crippen molar-refractivity contribution >= 4 is 0 Å². The molecule has 3 aromatic rings. The average molecular weight is 375 g/mol. The maximum atomic E-state index is 5.97. The third-order valence-electron chi connectivity index (χ3n) is 5.08. The van der Waals surface area contributed by atoms with E-state index < -0.39 is 0 Å². The average Bonchev–Trinajstić information content (AvgIpc) is 2.73. The van der Waals surface area contributed by atoms with Gasteiger partial charge in [0.25, 0.3) is 0 Å². The molecule has 1 aliphatic heterocycles. The van der Waals surface area contributed by atoms with Crippen molar-refractivity contribution in [1.29, 1.82) is 0 Å². The van der Waals surface area contributed by atoms with Crippen LogP contribution in [0, 0.1) is 0 Å². The summed E-state index contributed by atoms with van der Waals surface area (Å²) in [7, 11) is 3.37. The fourth-order valence-corrected chi connectivity index (χ4v) is 3.67. The SMILES string of the molecule is COc1cc2c(cc1OC)CN(Cc1cccc(Oc3ccccc3)c1)CC2. The minimum absolute atomic E-state index is 0.793. The smallest absolute Gasteiger partial charge is 0.161 e. The standard InChI is InChI=1S/C24H25NO3/c1-26-23-14-19-11-12-25(17-20(19)15-24(23)27-2)16-18-7-6-10-22(13-18)28-21-8-4-3-5-9-21/h3-10,13-15H,11-12,16-17H2,1-2H3. The summed E-state index contributed by atoms with van der Waals surface area (Å²) >= 11 is 0. The molecule has 0 aromatic heterocycles. The van der Waals surface area contributed by atoms with Crippen molar-refractivity contribution in [3.8, 4) is 23.0 Å². The molecule has 4 rings (SSSR count). The molecule has 0 unspecified atom stereocenters. The topological polar surface area (TPSA) is 30.9 Å². The first-order valence-electron chi connectivity index (χ1n) is 9.53. The maximum absolute atomic E-state index is 5.97. The number of benzene rings is 3. The third-order valence-corrected chi connectivity index (χ3v) is 5.08. The van der Waals surface area contributed by atoms with E-state index in [1.807, 2.05) is 36.4 Å². The van der Waals surface area contributed by atoms with Crippen LogP contribution in [0.15, 0.2) is 66.7 Å². The second kappa shape index (κ2) is 8.36. The Bertz CT molecular complexity index is 940. The number of hydrogen-bond donors (Lipinski definition) is 0. The van der Waals surface area contributed by atoms with Gasteiger partial charge in [0.1, 0.15) is 11.5 Å². The van der Waals surface area contributed by atoms with Crippen molar-refractivity contribution in [3.63, 3.8) is 0 Å². The highest BCUT2D eigenvalue weighted by Crippen LogP contribution is 2.33. The summed E-state index contributed by atoms with van der Waals surface area (Å²) in [6, 6.07) is 22.4. The Morgan fingerprint density at radius 2 is 1.50 bits per heavy atom. The number of methoxy groups -OCH3 is 2. The van der Waals surface area contributed by atoms with Gasteiger partial charge < -0.3 is 14.2 Å². The van der Waals surface area contributed by atoms with E-state index in [1.165, 1.54) is 16.7 Å². The van der Waals surface area contributed by atoms with Crippen LogP contribution in [-0.4, -0.2) is 25.7 Å². The number of hydrogen-bond acceptors (Lipinski definition) is 4. The fourth-order valence-electron chi connectivity index (χ4n) is 3.67. The molecule has 0 aliphatic carbocycles. The second-order valence-corrected chi connectivity index (χ2v) is 7.00. The van der Waals surface area contributed by atoms with Crippen molar-refractivity contribution in [2.75, 3.05) is 20.8 Å². The van der Waals surface area contributed by atoms with E-state index in [-0.39, 0.29) is 0 Å². The lowest BCUT2D eigenvalue weighted by Gasteiger charge is -2.29. The summed E-state index contributed by atoms with van der Waals surface area (Å²) in [6.07, 6.45) is 1.01. The van der Waals surface area contributed by atoms with E-state index in [4.69, 9.17) is 14.2 Å². The van der Waals surface area contributed by atoms with Gasteiger partial charge in [-0.15, -0.1) is 0 Å². The zero-order valence-electron chi connectivity index (χ0n) is 16.4. The molecule has 1 aliphatic rings. The van der Waals surface area contributed by atoms with Crippen LogP contribution >= 0.6 is 0 Å². The van der Waals surface area contributed by atoms with Gasteiger partial charge in [-0.25, -0.2) is 0 Å². The highest BCUT2D eigenvalue weighted by molar-refractivity contribution is 5.48. The number of ether oxygens (including phenoxy) is 3. The Hall–Kier alpha value is -2.98. The lowest BCUT2D eigenvalue weighted by molar-refractivity contribution is 0.244. The van der Waals surface area contributed by atoms with Crippen molar-refractivity contribution in [2.24, 2.45) is 0 Å². The zero-order valence-corrected chi connectivity index (χ0v) is 16.4. The number of rotatable bonds is 6. The van der Waals surface area contributed by atoms with Crippen LogP contribution < -0.4 is 14.2 Å². The molecule has 28 heavy (non-hydrogen) atoms. The van der Waals surface area contributed by atoms with Crippen LogP contribution in [0.3, 0.4) is 0 Å². The van der Waals surface area contributed by atoms with Crippen molar-refractivity contribution in [3.05, 3.63) is 83.4 Å². The molecule has 0 N–H and O–H groups in total. The zero-order chi connectivity index (χ0) is 19.3. The van der Waals surface area contributed by atoms with E-state index in [1.54, 1.807) is 14.2 Å². The molecule has 0 saturated carbocycles. The normalized spacial score (nSPS) is 13.6. The first-order chi connectivity index (χ1) is 13.7. The summed E-state index contributed by atoms with van der Waals surface area (Å²) < 4.78 is 16.9. The Kier molecular flexibility index (Phi) is 5.49. The van der Waals surface area contributed by atoms with Crippen molar-refractivity contribution < 1.29 is 14.2 Å². The number of nitrogens with zero attached hydrogens (tertiary/aromatic N) is 1. The Morgan fingerprint density at radius 3 is 2.25 bits per heavy atom. The van der Waals surface area contributed by atoms with Crippen LogP contribution in [0.2, 0.25) is 0 Å². The third kappa shape index (κ3) is 4.12. The Labute approximate surface area is 166 Å². The molecule has 4 heteroatoms. The minimum Gasteiger partial charge on any atom is -0.493 e. The molecular formula is C24H25NO3. The summed E-state index contributed by atoms with van der Waals surface area (Å²) in [6.45, 7) is 2.81.